The maximum absolute atomic E-state index is 11.8. The lowest BCUT2D eigenvalue weighted by Gasteiger charge is -2.06. The summed E-state index contributed by atoms with van der Waals surface area (Å²) in [6.45, 7) is 3.80. The lowest BCUT2D eigenvalue weighted by atomic mass is 10.1. The highest BCUT2D eigenvalue weighted by Crippen LogP contribution is 2.18. The molecule has 0 aliphatic rings. The van der Waals surface area contributed by atoms with Crippen LogP contribution in [0.5, 0.6) is 0 Å². The fraction of sp³-hybridized carbons (Fsp3) is 0.231. The number of aromatic nitrogens is 2. The van der Waals surface area contributed by atoms with Crippen molar-refractivity contribution in [2.24, 2.45) is 0 Å². The first kappa shape index (κ1) is 12.0. The van der Waals surface area contributed by atoms with Crippen molar-refractivity contribution in [2.75, 3.05) is 0 Å². The van der Waals surface area contributed by atoms with Gasteiger partial charge in [-0.15, -0.1) is 0 Å². The Morgan fingerprint density at radius 2 is 1.94 bits per heavy atom. The second kappa shape index (κ2) is 4.84. The molecule has 0 fully saturated rings. The largest absolute Gasteiger partial charge is 0.306 e. The van der Waals surface area contributed by atoms with E-state index in [0.717, 1.165) is 22.2 Å². The monoisotopic (exact) mass is 292 g/mol. The average Bonchev–Trinajstić information content (AvgIpc) is 2.33. The van der Waals surface area contributed by atoms with Crippen molar-refractivity contribution in [3.63, 3.8) is 0 Å². The molecule has 2 aromatic rings. The molecule has 0 amide bonds. The highest BCUT2D eigenvalue weighted by Gasteiger charge is 2.07. The fourth-order valence-corrected chi connectivity index (χ4v) is 1.93. The third kappa shape index (κ3) is 2.47. The van der Waals surface area contributed by atoms with E-state index in [1.807, 2.05) is 31.2 Å². The summed E-state index contributed by atoms with van der Waals surface area (Å²) in [5.41, 5.74) is 2.41. The molecule has 88 valence electrons. The van der Waals surface area contributed by atoms with Crippen LogP contribution < -0.4 is 5.56 Å². The molecule has 2 rings (SSSR count). The molecule has 0 saturated heterocycles. The van der Waals surface area contributed by atoms with E-state index in [1.165, 1.54) is 0 Å². The summed E-state index contributed by atoms with van der Waals surface area (Å²) in [6, 6.07) is 7.72. The number of hydrogen-bond donors (Lipinski definition) is 1. The summed E-state index contributed by atoms with van der Waals surface area (Å²) in [6.07, 6.45) is 0.763. The zero-order valence-corrected chi connectivity index (χ0v) is 11.3. The molecule has 0 aliphatic carbocycles. The van der Waals surface area contributed by atoms with E-state index in [4.69, 9.17) is 0 Å². The minimum absolute atomic E-state index is 0.0604. The van der Waals surface area contributed by atoms with Gasteiger partial charge in [0.25, 0.3) is 5.56 Å². The summed E-state index contributed by atoms with van der Waals surface area (Å²) in [4.78, 5) is 19.0. The van der Waals surface area contributed by atoms with E-state index >= 15 is 0 Å². The zero-order valence-electron chi connectivity index (χ0n) is 9.75. The van der Waals surface area contributed by atoms with Crippen molar-refractivity contribution in [2.45, 2.75) is 20.3 Å². The van der Waals surface area contributed by atoms with Crippen LogP contribution in [0, 0.1) is 6.92 Å². The molecule has 0 unspecified atom stereocenters. The van der Waals surface area contributed by atoms with Gasteiger partial charge in [-0.05, 0) is 25.5 Å². The Bertz CT molecular complexity index is 587. The Hall–Kier alpha value is -1.42. The average molecular weight is 293 g/mol. The van der Waals surface area contributed by atoms with E-state index in [1.54, 1.807) is 6.92 Å². The quantitative estimate of drug-likeness (QED) is 0.925. The third-order valence-electron chi connectivity index (χ3n) is 2.70. The van der Waals surface area contributed by atoms with Crippen molar-refractivity contribution < 1.29 is 0 Å². The predicted molar refractivity (Wildman–Crippen MR) is 72.1 cm³/mol. The molecule has 0 bridgehead atoms. The molecule has 1 N–H and O–H groups in total. The first-order chi connectivity index (χ1) is 8.11. The maximum Gasteiger partial charge on any atom is 0.254 e. The highest BCUT2D eigenvalue weighted by atomic mass is 79.9. The van der Waals surface area contributed by atoms with Crippen LogP contribution in [-0.2, 0) is 6.42 Å². The molecule has 1 aromatic carbocycles. The van der Waals surface area contributed by atoms with Gasteiger partial charge in [0.15, 0.2) is 0 Å². The number of aryl methyl sites for hydroxylation is 1. The number of benzene rings is 1. The summed E-state index contributed by atoms with van der Waals surface area (Å²) in [7, 11) is 0. The van der Waals surface area contributed by atoms with Gasteiger partial charge in [-0.25, -0.2) is 4.98 Å². The molecule has 3 nitrogen and oxygen atoms in total. The molecule has 0 atom stereocenters. The normalized spacial score (nSPS) is 10.5. The third-order valence-corrected chi connectivity index (χ3v) is 3.23. The van der Waals surface area contributed by atoms with Gasteiger partial charge in [0, 0.05) is 15.6 Å². The van der Waals surface area contributed by atoms with Crippen LogP contribution in [0.4, 0.5) is 0 Å². The van der Waals surface area contributed by atoms with Gasteiger partial charge < -0.3 is 4.98 Å². The van der Waals surface area contributed by atoms with Crippen LogP contribution in [0.2, 0.25) is 0 Å². The van der Waals surface area contributed by atoms with Crippen LogP contribution in [0.1, 0.15) is 18.2 Å². The first-order valence-corrected chi connectivity index (χ1v) is 6.27. The Balaban J connectivity index is 2.56. The van der Waals surface area contributed by atoms with E-state index in [9.17, 15) is 4.79 Å². The van der Waals surface area contributed by atoms with Crippen LogP contribution in [0.25, 0.3) is 11.4 Å². The lowest BCUT2D eigenvalue weighted by Crippen LogP contribution is -2.15. The molecule has 0 aliphatic heterocycles. The lowest BCUT2D eigenvalue weighted by molar-refractivity contribution is 0.955. The second-order valence-electron chi connectivity index (χ2n) is 3.85. The van der Waals surface area contributed by atoms with Crippen molar-refractivity contribution in [1.82, 2.24) is 9.97 Å². The molecule has 0 saturated carbocycles. The molecular formula is C13H13BrN2O. The van der Waals surface area contributed by atoms with Crippen LogP contribution >= 0.6 is 15.9 Å². The van der Waals surface area contributed by atoms with Gasteiger partial charge in [0.2, 0.25) is 0 Å². The smallest absolute Gasteiger partial charge is 0.254 e. The number of nitrogens with one attached hydrogen (secondary N) is 1. The molecule has 1 aromatic heterocycles. The highest BCUT2D eigenvalue weighted by molar-refractivity contribution is 9.10. The Morgan fingerprint density at radius 1 is 1.29 bits per heavy atom. The molecule has 17 heavy (non-hydrogen) atoms. The topological polar surface area (TPSA) is 45.8 Å². The molecule has 1 heterocycles. The van der Waals surface area contributed by atoms with Crippen LogP contribution in [0.15, 0.2) is 33.5 Å². The number of aromatic amines is 1. The zero-order chi connectivity index (χ0) is 12.4. The standard InChI is InChI=1S/C13H13BrN2O/c1-3-11-8(2)13(17)16-12(15-11)9-4-6-10(14)7-5-9/h4-7H,3H2,1-2H3,(H,15,16,17). The Morgan fingerprint density at radius 3 is 2.53 bits per heavy atom. The van der Waals surface area contributed by atoms with Gasteiger partial charge in [-0.1, -0.05) is 35.0 Å². The van der Waals surface area contributed by atoms with Gasteiger partial charge >= 0.3 is 0 Å². The van der Waals surface area contributed by atoms with Gasteiger partial charge in [0.1, 0.15) is 5.82 Å². The van der Waals surface area contributed by atoms with E-state index in [-0.39, 0.29) is 5.56 Å². The van der Waals surface area contributed by atoms with E-state index < -0.39 is 0 Å². The Kier molecular flexibility index (Phi) is 3.43. The molecular weight excluding hydrogens is 280 g/mol. The number of rotatable bonds is 2. The number of H-pyrrole nitrogens is 1. The number of hydrogen-bond acceptors (Lipinski definition) is 2. The van der Waals surface area contributed by atoms with E-state index in [2.05, 4.69) is 25.9 Å². The van der Waals surface area contributed by atoms with Gasteiger partial charge in [-0.3, -0.25) is 4.79 Å². The molecule has 0 spiro atoms. The Labute approximate surface area is 108 Å². The van der Waals surface area contributed by atoms with Crippen molar-refractivity contribution >= 4 is 15.9 Å². The fourth-order valence-electron chi connectivity index (χ4n) is 1.67. The summed E-state index contributed by atoms with van der Waals surface area (Å²) < 4.78 is 1.01. The molecule has 4 heteroatoms. The van der Waals surface area contributed by atoms with Crippen molar-refractivity contribution in [3.05, 3.63) is 50.3 Å². The summed E-state index contributed by atoms with van der Waals surface area (Å²) in [5.74, 6) is 0.630. The van der Waals surface area contributed by atoms with Crippen LogP contribution in [-0.4, -0.2) is 9.97 Å². The van der Waals surface area contributed by atoms with Crippen molar-refractivity contribution in [3.8, 4) is 11.4 Å². The first-order valence-electron chi connectivity index (χ1n) is 5.47. The van der Waals surface area contributed by atoms with Gasteiger partial charge in [-0.2, -0.15) is 0 Å². The number of nitrogens with zero attached hydrogens (tertiary/aromatic N) is 1. The maximum atomic E-state index is 11.8. The molecule has 0 radical (unpaired) electrons. The van der Waals surface area contributed by atoms with Gasteiger partial charge in [0.05, 0.1) is 5.69 Å². The minimum Gasteiger partial charge on any atom is -0.306 e. The second-order valence-corrected chi connectivity index (χ2v) is 4.76. The number of halogens is 1. The summed E-state index contributed by atoms with van der Waals surface area (Å²) >= 11 is 3.38. The predicted octanol–water partition coefficient (Wildman–Crippen LogP) is 3.07. The van der Waals surface area contributed by atoms with E-state index in [0.29, 0.717) is 11.4 Å². The SMILES string of the molecule is CCc1nc(-c2ccc(Br)cc2)[nH]c(=O)c1C. The minimum atomic E-state index is -0.0604. The van der Waals surface area contributed by atoms with Crippen molar-refractivity contribution in [1.29, 1.82) is 0 Å². The van der Waals surface area contributed by atoms with Crippen LogP contribution in [0.3, 0.4) is 0 Å². The summed E-state index contributed by atoms with van der Waals surface area (Å²) in [5, 5.41) is 0.